The van der Waals surface area contributed by atoms with Gasteiger partial charge in [-0.1, -0.05) is 12.7 Å². The number of likely N-dealkylation sites (N-methyl/N-ethyl adjacent to an activating group) is 1. The van der Waals surface area contributed by atoms with Crippen LogP contribution < -0.4 is 4.90 Å². The molecular formula is C17H24N6. The van der Waals surface area contributed by atoms with E-state index in [1.54, 1.807) is 6.33 Å². The van der Waals surface area contributed by atoms with Crippen molar-refractivity contribution in [1.82, 2.24) is 24.4 Å². The number of piperazine rings is 1. The van der Waals surface area contributed by atoms with Crippen LogP contribution in [0, 0.1) is 0 Å². The Morgan fingerprint density at radius 3 is 2.83 bits per heavy atom. The first-order valence-corrected chi connectivity index (χ1v) is 7.92. The first-order valence-electron chi connectivity index (χ1n) is 7.92. The minimum absolute atomic E-state index is 0.940. The third-order valence-corrected chi connectivity index (χ3v) is 4.13. The van der Waals surface area contributed by atoms with Crippen LogP contribution in [-0.2, 0) is 0 Å². The molecule has 23 heavy (non-hydrogen) atoms. The number of fused-ring (bicyclic) bond motifs is 1. The van der Waals surface area contributed by atoms with Crippen LogP contribution in [0.2, 0.25) is 0 Å². The van der Waals surface area contributed by atoms with Gasteiger partial charge in [0.2, 0.25) is 0 Å². The Hall–Kier alpha value is -2.34. The molecule has 0 bridgehead atoms. The summed E-state index contributed by atoms with van der Waals surface area (Å²) in [5.41, 5.74) is 3.36. The summed E-state index contributed by atoms with van der Waals surface area (Å²) in [6.07, 6.45) is 9.71. The minimum atomic E-state index is 0.940. The first kappa shape index (κ1) is 15.6. The number of hydrogen-bond acceptors (Lipinski definition) is 5. The van der Waals surface area contributed by atoms with E-state index in [0.29, 0.717) is 0 Å². The molecule has 3 rings (SSSR count). The summed E-state index contributed by atoms with van der Waals surface area (Å²) in [6, 6.07) is 2.12. The highest BCUT2D eigenvalue weighted by molar-refractivity contribution is 5.72. The molecule has 1 aliphatic heterocycles. The van der Waals surface area contributed by atoms with Gasteiger partial charge in [0.25, 0.3) is 0 Å². The second kappa shape index (κ2) is 6.83. The zero-order chi connectivity index (χ0) is 16.2. The van der Waals surface area contributed by atoms with Crippen LogP contribution >= 0.6 is 0 Å². The molecule has 2 aromatic heterocycles. The lowest BCUT2D eigenvalue weighted by Crippen LogP contribution is -2.45. The smallest absolute Gasteiger partial charge is 0.136 e. The Bertz CT molecular complexity index is 694. The predicted molar refractivity (Wildman–Crippen MR) is 93.6 cm³/mol. The van der Waals surface area contributed by atoms with Gasteiger partial charge in [-0.05, 0) is 26.2 Å². The highest BCUT2D eigenvalue weighted by atomic mass is 15.3. The number of anilines is 1. The molecule has 0 aromatic carbocycles. The van der Waals surface area contributed by atoms with Crippen LogP contribution in [0.3, 0.4) is 0 Å². The van der Waals surface area contributed by atoms with Crippen LogP contribution in [0.4, 0.5) is 5.69 Å². The molecular weight excluding hydrogens is 288 g/mol. The maximum Gasteiger partial charge on any atom is 0.136 e. The van der Waals surface area contributed by atoms with Crippen LogP contribution in [0.25, 0.3) is 5.52 Å². The van der Waals surface area contributed by atoms with Gasteiger partial charge in [0.05, 0.1) is 11.9 Å². The van der Waals surface area contributed by atoms with Crippen molar-refractivity contribution in [2.24, 2.45) is 0 Å². The normalized spacial score (nSPS) is 16.0. The molecule has 2 aromatic rings. The van der Waals surface area contributed by atoms with Crippen molar-refractivity contribution in [2.75, 3.05) is 51.7 Å². The number of allylic oxidation sites excluding steroid dienone is 1. The largest absolute Gasteiger partial charge is 0.368 e. The van der Waals surface area contributed by atoms with Crippen molar-refractivity contribution in [3.63, 3.8) is 0 Å². The summed E-state index contributed by atoms with van der Waals surface area (Å²) >= 11 is 0. The summed E-state index contributed by atoms with van der Waals surface area (Å²) in [6.45, 7) is 9.06. The molecule has 1 fully saturated rings. The molecule has 6 nitrogen and oxygen atoms in total. The van der Waals surface area contributed by atoms with Crippen LogP contribution in [0.5, 0.6) is 0 Å². The Balaban J connectivity index is 1.60. The third-order valence-electron chi connectivity index (χ3n) is 4.13. The lowest BCUT2D eigenvalue weighted by atomic mass is 10.2. The molecule has 1 saturated heterocycles. The third kappa shape index (κ3) is 3.53. The molecule has 122 valence electrons. The molecule has 0 spiro atoms. The van der Waals surface area contributed by atoms with Crippen molar-refractivity contribution in [1.29, 1.82) is 0 Å². The zero-order valence-corrected chi connectivity index (χ0v) is 13.9. The lowest BCUT2D eigenvalue weighted by Gasteiger charge is -2.37. The monoisotopic (exact) mass is 312 g/mol. The maximum atomic E-state index is 4.23. The van der Waals surface area contributed by atoms with E-state index in [1.807, 2.05) is 16.9 Å². The van der Waals surface area contributed by atoms with E-state index in [-0.39, 0.29) is 0 Å². The first-order chi connectivity index (χ1) is 11.1. The molecule has 0 saturated carbocycles. The average molecular weight is 312 g/mol. The van der Waals surface area contributed by atoms with Gasteiger partial charge in [-0.15, -0.1) is 0 Å². The molecule has 6 heteroatoms. The molecule has 0 N–H and O–H groups in total. The summed E-state index contributed by atoms with van der Waals surface area (Å²) < 4.78 is 1.87. The van der Waals surface area contributed by atoms with E-state index in [4.69, 9.17) is 0 Å². The fourth-order valence-corrected chi connectivity index (χ4v) is 2.85. The van der Waals surface area contributed by atoms with E-state index in [9.17, 15) is 0 Å². The van der Waals surface area contributed by atoms with E-state index in [2.05, 4.69) is 63.7 Å². The van der Waals surface area contributed by atoms with Gasteiger partial charge in [-0.25, -0.2) is 9.50 Å². The van der Waals surface area contributed by atoms with Gasteiger partial charge < -0.3 is 14.7 Å². The highest BCUT2D eigenvalue weighted by Gasteiger charge is 2.19. The van der Waals surface area contributed by atoms with E-state index >= 15 is 0 Å². The van der Waals surface area contributed by atoms with E-state index < -0.39 is 0 Å². The van der Waals surface area contributed by atoms with Gasteiger partial charge in [0.15, 0.2) is 0 Å². The molecule has 0 radical (unpaired) electrons. The van der Waals surface area contributed by atoms with Crippen molar-refractivity contribution >= 4 is 11.2 Å². The van der Waals surface area contributed by atoms with Gasteiger partial charge in [-0.3, -0.25) is 0 Å². The lowest BCUT2D eigenvalue weighted by molar-refractivity contribution is 0.331. The fourth-order valence-electron chi connectivity index (χ4n) is 2.85. The Kier molecular flexibility index (Phi) is 4.62. The number of hydrogen-bond donors (Lipinski definition) is 0. The fraction of sp³-hybridized carbons (Fsp3) is 0.412. The highest BCUT2D eigenvalue weighted by Crippen LogP contribution is 2.23. The van der Waals surface area contributed by atoms with Crippen LogP contribution in [0.1, 0.15) is 0 Å². The zero-order valence-electron chi connectivity index (χ0n) is 13.9. The number of nitrogens with zero attached hydrogens (tertiary/aromatic N) is 6. The van der Waals surface area contributed by atoms with Gasteiger partial charge >= 0.3 is 0 Å². The molecule has 0 unspecified atom stereocenters. The minimum Gasteiger partial charge on any atom is -0.368 e. The summed E-state index contributed by atoms with van der Waals surface area (Å²) in [7, 11) is 4.13. The topological polar surface area (TPSA) is 39.9 Å². The van der Waals surface area contributed by atoms with Crippen molar-refractivity contribution < 1.29 is 0 Å². The number of rotatable bonds is 5. The summed E-state index contributed by atoms with van der Waals surface area (Å²) in [4.78, 5) is 11.0. The van der Waals surface area contributed by atoms with Crippen LogP contribution in [0.15, 0.2) is 49.2 Å². The van der Waals surface area contributed by atoms with E-state index in [0.717, 1.165) is 43.9 Å². The predicted octanol–water partition coefficient (Wildman–Crippen LogP) is 1.48. The molecule has 3 heterocycles. The Morgan fingerprint density at radius 2 is 2.09 bits per heavy atom. The van der Waals surface area contributed by atoms with Crippen molar-refractivity contribution in [2.45, 2.75) is 0 Å². The van der Waals surface area contributed by atoms with Gasteiger partial charge in [0, 0.05) is 44.6 Å². The summed E-state index contributed by atoms with van der Waals surface area (Å²) in [5, 5.41) is 4.23. The van der Waals surface area contributed by atoms with Crippen molar-refractivity contribution in [3.8, 4) is 0 Å². The molecule has 1 aliphatic rings. The maximum absolute atomic E-state index is 4.23. The Labute approximate surface area is 137 Å². The Morgan fingerprint density at radius 1 is 1.30 bits per heavy atom. The second-order valence-corrected chi connectivity index (χ2v) is 6.07. The molecule has 0 aliphatic carbocycles. The quantitative estimate of drug-likeness (QED) is 0.782. The summed E-state index contributed by atoms with van der Waals surface area (Å²) in [5.74, 6) is 0. The van der Waals surface area contributed by atoms with Crippen LogP contribution in [-0.4, -0.2) is 71.2 Å². The standard InChI is InChI=1S/C17H24N6/c1-15(5-4-7-20(2)3)21-9-11-22(12-10-21)16-6-8-23-17(16)13-18-14-19-23/h4-6,8,13-14H,1,7,9-12H2,2-3H3/b5-4+. The van der Waals surface area contributed by atoms with E-state index in [1.165, 1.54) is 5.69 Å². The van der Waals surface area contributed by atoms with Crippen molar-refractivity contribution in [3.05, 3.63) is 49.2 Å². The second-order valence-electron chi connectivity index (χ2n) is 6.07. The average Bonchev–Trinajstić information content (AvgIpc) is 2.98. The number of aromatic nitrogens is 3. The molecule has 0 atom stereocenters. The van der Waals surface area contributed by atoms with Gasteiger partial charge in [-0.2, -0.15) is 5.10 Å². The molecule has 0 amide bonds. The van der Waals surface area contributed by atoms with Gasteiger partial charge in [0.1, 0.15) is 11.8 Å². The SMILES string of the molecule is C=C(/C=C/CN(C)C)N1CCN(c2ccn3ncncc23)CC1.